The summed E-state index contributed by atoms with van der Waals surface area (Å²) in [6, 6.07) is 14.2. The van der Waals surface area contributed by atoms with Crippen molar-refractivity contribution >= 4 is 45.0 Å². The fourth-order valence-corrected chi connectivity index (χ4v) is 5.18. The molecule has 0 spiro atoms. The number of para-hydroxylation sites is 1. The molecule has 4 aromatic rings. The Bertz CT molecular complexity index is 1260. The predicted octanol–water partition coefficient (Wildman–Crippen LogP) is 5.82. The van der Waals surface area contributed by atoms with E-state index in [1.54, 1.807) is 17.5 Å². The Labute approximate surface area is 211 Å². The molecule has 0 saturated carbocycles. The van der Waals surface area contributed by atoms with E-state index in [1.807, 2.05) is 46.8 Å². The molecule has 0 radical (unpaired) electrons. The standard InChI is InChI=1S/C26H31N5OS.ClH/c1-6-29(7-2)13-14-30(26-28-23-16-18(3)15-19(4)24(23)33-26)25(32)22-17-27-31(20(22)5)21-11-9-8-10-12-21;/h8-12,15-17H,6-7,13-14H2,1-5H3;1H. The van der Waals surface area contributed by atoms with Crippen LogP contribution in [-0.2, 0) is 0 Å². The summed E-state index contributed by atoms with van der Waals surface area (Å²) in [6.45, 7) is 13.7. The lowest BCUT2D eigenvalue weighted by atomic mass is 10.1. The number of amides is 1. The van der Waals surface area contributed by atoms with E-state index in [1.165, 1.54) is 11.1 Å². The molecule has 4 rings (SSSR count). The normalized spacial score (nSPS) is 11.1. The van der Waals surface area contributed by atoms with Gasteiger partial charge < -0.3 is 4.90 Å². The smallest absolute Gasteiger partial charge is 0.263 e. The summed E-state index contributed by atoms with van der Waals surface area (Å²) in [5, 5.41) is 5.26. The Kier molecular flexibility index (Phi) is 8.47. The Morgan fingerprint density at radius 1 is 1.03 bits per heavy atom. The zero-order valence-electron chi connectivity index (χ0n) is 20.4. The number of aryl methyl sites for hydroxylation is 2. The van der Waals surface area contributed by atoms with E-state index < -0.39 is 0 Å². The lowest BCUT2D eigenvalue weighted by Crippen LogP contribution is -2.39. The van der Waals surface area contributed by atoms with Crippen LogP contribution in [0, 0.1) is 20.8 Å². The van der Waals surface area contributed by atoms with Gasteiger partial charge in [0.1, 0.15) is 0 Å². The molecule has 0 aliphatic heterocycles. The van der Waals surface area contributed by atoms with E-state index in [4.69, 9.17) is 4.98 Å². The van der Waals surface area contributed by atoms with Crippen LogP contribution in [0.5, 0.6) is 0 Å². The summed E-state index contributed by atoms with van der Waals surface area (Å²) in [5.41, 5.74) is 5.69. The number of likely N-dealkylation sites (N-methyl/N-ethyl adjacent to an activating group) is 1. The zero-order valence-corrected chi connectivity index (χ0v) is 22.0. The quantitative estimate of drug-likeness (QED) is 0.308. The highest BCUT2D eigenvalue weighted by molar-refractivity contribution is 7.22. The topological polar surface area (TPSA) is 54.3 Å². The van der Waals surface area contributed by atoms with Gasteiger partial charge in [-0.3, -0.25) is 9.69 Å². The van der Waals surface area contributed by atoms with Crippen LogP contribution in [0.25, 0.3) is 15.9 Å². The third kappa shape index (κ3) is 5.17. The molecule has 2 aromatic heterocycles. The highest BCUT2D eigenvalue weighted by Crippen LogP contribution is 2.33. The summed E-state index contributed by atoms with van der Waals surface area (Å²) >= 11 is 1.59. The van der Waals surface area contributed by atoms with Crippen molar-refractivity contribution in [3.8, 4) is 5.69 Å². The summed E-state index contributed by atoms with van der Waals surface area (Å²) < 4.78 is 2.95. The Balaban J connectivity index is 0.00000324. The molecule has 8 heteroatoms. The van der Waals surface area contributed by atoms with E-state index >= 15 is 0 Å². The fraction of sp³-hybridized carbons (Fsp3) is 0.346. The molecule has 0 fully saturated rings. The fourth-order valence-electron chi connectivity index (χ4n) is 4.14. The van der Waals surface area contributed by atoms with Crippen LogP contribution in [0.4, 0.5) is 5.13 Å². The minimum Gasteiger partial charge on any atom is -0.302 e. The number of carbonyl (C=O) groups is 1. The van der Waals surface area contributed by atoms with Gasteiger partial charge in [-0.25, -0.2) is 9.67 Å². The summed E-state index contributed by atoms with van der Waals surface area (Å²) in [6.07, 6.45) is 1.68. The summed E-state index contributed by atoms with van der Waals surface area (Å²) in [4.78, 5) is 22.9. The maximum atomic E-state index is 13.8. The van der Waals surface area contributed by atoms with Crippen LogP contribution in [-0.4, -0.2) is 51.8 Å². The van der Waals surface area contributed by atoms with E-state index in [0.717, 1.165) is 46.4 Å². The van der Waals surface area contributed by atoms with Crippen LogP contribution in [0.1, 0.15) is 41.0 Å². The molecule has 0 unspecified atom stereocenters. The van der Waals surface area contributed by atoms with Gasteiger partial charge in [0.25, 0.3) is 5.91 Å². The number of aromatic nitrogens is 3. The lowest BCUT2D eigenvalue weighted by molar-refractivity contribution is 0.0983. The Hall–Kier alpha value is -2.74. The van der Waals surface area contributed by atoms with Crippen LogP contribution in [0.15, 0.2) is 48.7 Å². The number of benzene rings is 2. The maximum Gasteiger partial charge on any atom is 0.263 e. The molecule has 0 atom stereocenters. The van der Waals surface area contributed by atoms with Gasteiger partial charge in [0, 0.05) is 13.1 Å². The summed E-state index contributed by atoms with van der Waals surface area (Å²) in [5.74, 6) is -0.0599. The predicted molar refractivity (Wildman–Crippen MR) is 144 cm³/mol. The molecule has 0 N–H and O–H groups in total. The maximum absolute atomic E-state index is 13.8. The van der Waals surface area contributed by atoms with Gasteiger partial charge >= 0.3 is 0 Å². The minimum atomic E-state index is -0.0599. The number of anilines is 1. The molecule has 0 aliphatic rings. The SMILES string of the molecule is CCN(CC)CCN(C(=O)c1cnn(-c2ccccc2)c1C)c1nc2cc(C)cc(C)c2s1.Cl. The zero-order chi connectivity index (χ0) is 23.5. The van der Waals surface area contributed by atoms with Crippen LogP contribution >= 0.6 is 23.7 Å². The molecule has 2 heterocycles. The van der Waals surface area contributed by atoms with Gasteiger partial charge in [-0.05, 0) is 63.2 Å². The van der Waals surface area contributed by atoms with E-state index in [0.29, 0.717) is 12.1 Å². The second-order valence-electron chi connectivity index (χ2n) is 8.30. The first-order valence-electron chi connectivity index (χ1n) is 11.4. The van der Waals surface area contributed by atoms with Gasteiger partial charge in [-0.15, -0.1) is 12.4 Å². The number of nitrogens with zero attached hydrogens (tertiary/aromatic N) is 5. The molecular formula is C26H32ClN5OS. The number of rotatable bonds is 8. The summed E-state index contributed by atoms with van der Waals surface area (Å²) in [7, 11) is 0. The van der Waals surface area contributed by atoms with Gasteiger partial charge in [0.05, 0.1) is 33.4 Å². The lowest BCUT2D eigenvalue weighted by Gasteiger charge is -2.24. The molecule has 180 valence electrons. The van der Waals surface area contributed by atoms with Gasteiger partial charge in [0.2, 0.25) is 0 Å². The van der Waals surface area contributed by atoms with E-state index in [-0.39, 0.29) is 18.3 Å². The minimum absolute atomic E-state index is 0. The molecular weight excluding hydrogens is 466 g/mol. The van der Waals surface area contributed by atoms with E-state index in [9.17, 15) is 4.79 Å². The number of hydrogen-bond donors (Lipinski definition) is 0. The first kappa shape index (κ1) is 25.9. The second-order valence-corrected chi connectivity index (χ2v) is 9.28. The third-order valence-corrected chi connectivity index (χ3v) is 7.29. The van der Waals surface area contributed by atoms with Crippen molar-refractivity contribution in [3.05, 3.63) is 71.0 Å². The number of thiazole rings is 1. The van der Waals surface area contributed by atoms with Crippen molar-refractivity contribution in [2.75, 3.05) is 31.1 Å². The van der Waals surface area contributed by atoms with E-state index in [2.05, 4.69) is 49.8 Å². The third-order valence-electron chi connectivity index (χ3n) is 6.06. The highest BCUT2D eigenvalue weighted by atomic mass is 35.5. The molecule has 6 nitrogen and oxygen atoms in total. The van der Waals surface area contributed by atoms with Crippen molar-refractivity contribution in [1.82, 2.24) is 19.7 Å². The van der Waals surface area contributed by atoms with Gasteiger partial charge in [0.15, 0.2) is 5.13 Å². The van der Waals surface area contributed by atoms with Crippen LogP contribution < -0.4 is 4.90 Å². The van der Waals surface area contributed by atoms with Crippen molar-refractivity contribution in [2.24, 2.45) is 0 Å². The molecule has 0 bridgehead atoms. The van der Waals surface area contributed by atoms with Gasteiger partial charge in [-0.1, -0.05) is 49.4 Å². The second kappa shape index (κ2) is 11.1. The molecule has 0 saturated heterocycles. The van der Waals surface area contributed by atoms with Crippen molar-refractivity contribution in [1.29, 1.82) is 0 Å². The number of fused-ring (bicyclic) bond motifs is 1. The van der Waals surface area contributed by atoms with Crippen molar-refractivity contribution in [3.63, 3.8) is 0 Å². The van der Waals surface area contributed by atoms with Crippen molar-refractivity contribution < 1.29 is 4.79 Å². The van der Waals surface area contributed by atoms with Crippen LogP contribution in [0.2, 0.25) is 0 Å². The number of halogens is 1. The number of hydrogen-bond acceptors (Lipinski definition) is 5. The molecule has 34 heavy (non-hydrogen) atoms. The number of carbonyl (C=O) groups excluding carboxylic acids is 1. The first-order valence-corrected chi connectivity index (χ1v) is 12.3. The largest absolute Gasteiger partial charge is 0.302 e. The monoisotopic (exact) mass is 497 g/mol. The van der Waals surface area contributed by atoms with Crippen LogP contribution in [0.3, 0.4) is 0 Å². The van der Waals surface area contributed by atoms with Crippen molar-refractivity contribution in [2.45, 2.75) is 34.6 Å². The first-order chi connectivity index (χ1) is 15.9. The molecule has 2 aromatic carbocycles. The Morgan fingerprint density at radius 2 is 1.74 bits per heavy atom. The average Bonchev–Trinajstić information content (AvgIpc) is 3.41. The van der Waals surface area contributed by atoms with Gasteiger partial charge in [-0.2, -0.15) is 5.10 Å². The average molecular weight is 498 g/mol. The molecule has 1 amide bonds. The molecule has 0 aliphatic carbocycles. The highest BCUT2D eigenvalue weighted by Gasteiger charge is 2.25. The Morgan fingerprint density at radius 3 is 2.41 bits per heavy atom.